The van der Waals surface area contributed by atoms with Gasteiger partial charge in [0.05, 0.1) is 6.33 Å². The molecule has 2 rings (SSSR count). The van der Waals surface area contributed by atoms with Crippen molar-refractivity contribution >= 4 is 12.0 Å². The number of nitrogens with zero attached hydrogens (tertiary/aromatic N) is 3. The Balaban J connectivity index is 1.78. The lowest BCUT2D eigenvalue weighted by Gasteiger charge is -2.31. The van der Waals surface area contributed by atoms with Gasteiger partial charge >= 0.3 is 12.0 Å². The SMILES string of the molecule is CC1(C(=O)O)CCCN1C(=O)NCCCn1ccnc1. The third-order valence-electron chi connectivity index (χ3n) is 3.78. The number of amides is 2. The van der Waals surface area contributed by atoms with Crippen LogP contribution in [0.3, 0.4) is 0 Å². The predicted octanol–water partition coefficient (Wildman–Crippen LogP) is 0.922. The first-order valence-corrected chi connectivity index (χ1v) is 6.78. The fourth-order valence-corrected chi connectivity index (χ4v) is 2.48. The highest BCUT2D eigenvalue weighted by Crippen LogP contribution is 2.29. The smallest absolute Gasteiger partial charge is 0.329 e. The number of aromatic nitrogens is 2. The maximum atomic E-state index is 12.1. The number of aryl methyl sites for hydroxylation is 1. The minimum absolute atomic E-state index is 0.293. The molecule has 110 valence electrons. The van der Waals surface area contributed by atoms with Crippen molar-refractivity contribution in [2.45, 2.75) is 38.3 Å². The minimum Gasteiger partial charge on any atom is -0.480 e. The number of likely N-dealkylation sites (tertiary alicyclic amines) is 1. The van der Waals surface area contributed by atoms with Crippen LogP contribution in [0.25, 0.3) is 0 Å². The van der Waals surface area contributed by atoms with Gasteiger partial charge in [-0.25, -0.2) is 14.6 Å². The maximum absolute atomic E-state index is 12.1. The molecule has 1 fully saturated rings. The van der Waals surface area contributed by atoms with Crippen molar-refractivity contribution < 1.29 is 14.7 Å². The van der Waals surface area contributed by atoms with Crippen molar-refractivity contribution in [3.63, 3.8) is 0 Å². The molecule has 1 unspecified atom stereocenters. The van der Waals surface area contributed by atoms with Gasteiger partial charge < -0.3 is 19.9 Å². The highest BCUT2D eigenvalue weighted by molar-refractivity contribution is 5.86. The molecule has 7 heteroatoms. The molecule has 0 bridgehead atoms. The normalized spacial score (nSPS) is 21.9. The number of aliphatic carboxylic acids is 1. The van der Waals surface area contributed by atoms with Crippen LogP contribution in [0.15, 0.2) is 18.7 Å². The second kappa shape index (κ2) is 5.94. The molecule has 1 atom stereocenters. The highest BCUT2D eigenvalue weighted by Gasteiger charge is 2.45. The fraction of sp³-hybridized carbons (Fsp3) is 0.615. The molecule has 0 saturated carbocycles. The summed E-state index contributed by atoms with van der Waals surface area (Å²) < 4.78 is 1.93. The summed E-state index contributed by atoms with van der Waals surface area (Å²) in [6.07, 6.45) is 7.31. The molecule has 20 heavy (non-hydrogen) atoms. The van der Waals surface area contributed by atoms with Crippen LogP contribution in [-0.4, -0.2) is 50.2 Å². The van der Waals surface area contributed by atoms with Crippen molar-refractivity contribution in [2.24, 2.45) is 0 Å². The number of carbonyl (C=O) groups is 2. The Morgan fingerprint density at radius 2 is 2.30 bits per heavy atom. The summed E-state index contributed by atoms with van der Waals surface area (Å²) in [4.78, 5) is 28.7. The lowest BCUT2D eigenvalue weighted by Crippen LogP contribution is -2.54. The van der Waals surface area contributed by atoms with E-state index >= 15 is 0 Å². The first-order valence-electron chi connectivity index (χ1n) is 6.78. The van der Waals surface area contributed by atoms with Crippen LogP contribution < -0.4 is 5.32 Å². The Morgan fingerprint density at radius 1 is 1.50 bits per heavy atom. The number of nitrogens with one attached hydrogen (secondary N) is 1. The van der Waals surface area contributed by atoms with E-state index in [9.17, 15) is 14.7 Å². The van der Waals surface area contributed by atoms with E-state index < -0.39 is 11.5 Å². The molecular formula is C13H20N4O3. The summed E-state index contributed by atoms with van der Waals surface area (Å²) in [5.74, 6) is -0.941. The lowest BCUT2D eigenvalue weighted by molar-refractivity contribution is -0.147. The largest absolute Gasteiger partial charge is 0.480 e. The number of hydrogen-bond donors (Lipinski definition) is 2. The fourth-order valence-electron chi connectivity index (χ4n) is 2.48. The quantitative estimate of drug-likeness (QED) is 0.785. The van der Waals surface area contributed by atoms with Gasteiger partial charge in [-0.15, -0.1) is 0 Å². The first kappa shape index (κ1) is 14.4. The number of carboxylic acids is 1. The van der Waals surface area contributed by atoms with E-state index in [0.29, 0.717) is 19.5 Å². The number of carboxylic acid groups (broad SMARTS) is 1. The Labute approximate surface area is 117 Å². The molecule has 1 aliphatic heterocycles. The van der Waals surface area contributed by atoms with E-state index in [1.807, 2.05) is 10.8 Å². The Hall–Kier alpha value is -2.05. The molecule has 7 nitrogen and oxygen atoms in total. The molecule has 0 spiro atoms. The summed E-state index contributed by atoms with van der Waals surface area (Å²) in [6, 6.07) is -0.293. The zero-order valence-corrected chi connectivity index (χ0v) is 11.6. The zero-order valence-electron chi connectivity index (χ0n) is 11.6. The summed E-state index contributed by atoms with van der Waals surface area (Å²) in [6.45, 7) is 3.39. The molecule has 2 heterocycles. The zero-order chi connectivity index (χ0) is 14.6. The summed E-state index contributed by atoms with van der Waals surface area (Å²) in [5, 5.41) is 12.0. The molecule has 0 aliphatic carbocycles. The van der Waals surface area contributed by atoms with E-state index in [0.717, 1.165) is 19.4 Å². The molecule has 2 amide bonds. The lowest BCUT2D eigenvalue weighted by atomic mass is 10.00. The molecular weight excluding hydrogens is 260 g/mol. The van der Waals surface area contributed by atoms with Gasteiger partial charge in [-0.05, 0) is 26.2 Å². The van der Waals surface area contributed by atoms with Crippen LogP contribution >= 0.6 is 0 Å². The van der Waals surface area contributed by atoms with Crippen molar-refractivity contribution in [1.29, 1.82) is 0 Å². The van der Waals surface area contributed by atoms with Crippen LogP contribution in [0.4, 0.5) is 4.79 Å². The van der Waals surface area contributed by atoms with Gasteiger partial charge in [0.25, 0.3) is 0 Å². The van der Waals surface area contributed by atoms with E-state index in [2.05, 4.69) is 10.3 Å². The van der Waals surface area contributed by atoms with Crippen LogP contribution in [0, 0.1) is 0 Å². The van der Waals surface area contributed by atoms with E-state index in [1.54, 1.807) is 19.4 Å². The van der Waals surface area contributed by atoms with Gasteiger partial charge in [0.1, 0.15) is 5.54 Å². The topological polar surface area (TPSA) is 87.5 Å². The number of imidazole rings is 1. The van der Waals surface area contributed by atoms with E-state index in [4.69, 9.17) is 0 Å². The summed E-state index contributed by atoms with van der Waals surface area (Å²) >= 11 is 0. The highest BCUT2D eigenvalue weighted by atomic mass is 16.4. The summed E-state index contributed by atoms with van der Waals surface area (Å²) in [5.41, 5.74) is -1.07. The Bertz CT molecular complexity index is 474. The number of carbonyl (C=O) groups excluding carboxylic acids is 1. The van der Waals surface area contributed by atoms with Crippen LogP contribution in [0.5, 0.6) is 0 Å². The van der Waals surface area contributed by atoms with Crippen molar-refractivity contribution in [2.75, 3.05) is 13.1 Å². The summed E-state index contributed by atoms with van der Waals surface area (Å²) in [7, 11) is 0. The molecule has 2 N–H and O–H groups in total. The Morgan fingerprint density at radius 3 is 2.95 bits per heavy atom. The van der Waals surface area contributed by atoms with Gasteiger partial charge in [0, 0.05) is 32.0 Å². The Kier molecular flexibility index (Phi) is 4.26. The van der Waals surface area contributed by atoms with Gasteiger partial charge in [-0.3, -0.25) is 0 Å². The average molecular weight is 280 g/mol. The predicted molar refractivity (Wildman–Crippen MR) is 72.2 cm³/mol. The van der Waals surface area contributed by atoms with E-state index in [1.165, 1.54) is 4.90 Å². The van der Waals surface area contributed by atoms with Crippen molar-refractivity contribution in [3.05, 3.63) is 18.7 Å². The number of hydrogen-bond acceptors (Lipinski definition) is 3. The molecule has 1 aliphatic rings. The van der Waals surface area contributed by atoms with E-state index in [-0.39, 0.29) is 6.03 Å². The van der Waals surface area contributed by atoms with Crippen LogP contribution in [0.2, 0.25) is 0 Å². The molecule has 0 aromatic carbocycles. The van der Waals surface area contributed by atoms with Gasteiger partial charge in [0.2, 0.25) is 0 Å². The monoisotopic (exact) mass is 280 g/mol. The number of urea groups is 1. The second-order valence-electron chi connectivity index (χ2n) is 5.22. The standard InChI is InChI=1S/C13H20N4O3/c1-13(11(18)19)4-2-8-17(13)12(20)15-5-3-7-16-9-6-14-10-16/h6,9-10H,2-5,7-8H2,1H3,(H,15,20)(H,18,19). The number of rotatable bonds is 5. The average Bonchev–Trinajstić information content (AvgIpc) is 3.04. The molecule has 1 saturated heterocycles. The first-order chi connectivity index (χ1) is 9.54. The van der Waals surface area contributed by atoms with Crippen LogP contribution in [-0.2, 0) is 11.3 Å². The maximum Gasteiger partial charge on any atom is 0.329 e. The molecule has 0 radical (unpaired) electrons. The minimum atomic E-state index is -1.07. The third-order valence-corrected chi connectivity index (χ3v) is 3.78. The van der Waals surface area contributed by atoms with Crippen molar-refractivity contribution in [3.8, 4) is 0 Å². The molecule has 1 aromatic heterocycles. The van der Waals surface area contributed by atoms with Gasteiger partial charge in [-0.1, -0.05) is 0 Å². The van der Waals surface area contributed by atoms with Crippen LogP contribution in [0.1, 0.15) is 26.2 Å². The van der Waals surface area contributed by atoms with Gasteiger partial charge in [0.15, 0.2) is 0 Å². The van der Waals surface area contributed by atoms with Gasteiger partial charge in [-0.2, -0.15) is 0 Å². The van der Waals surface area contributed by atoms with Crippen molar-refractivity contribution in [1.82, 2.24) is 19.8 Å². The third kappa shape index (κ3) is 2.92. The second-order valence-corrected chi connectivity index (χ2v) is 5.22. The molecule has 1 aromatic rings.